The maximum Gasteiger partial charge on any atom is 0.227 e. The van der Waals surface area contributed by atoms with Gasteiger partial charge >= 0.3 is 0 Å². The summed E-state index contributed by atoms with van der Waals surface area (Å²) in [5.41, 5.74) is 3.11. The van der Waals surface area contributed by atoms with Gasteiger partial charge in [0.15, 0.2) is 0 Å². The van der Waals surface area contributed by atoms with Gasteiger partial charge in [-0.1, -0.05) is 41.9 Å². The number of nitrogens with zero attached hydrogens (tertiary/aromatic N) is 1. The van der Waals surface area contributed by atoms with E-state index in [4.69, 9.17) is 11.6 Å². The molecule has 0 unspecified atom stereocenters. The molecule has 3 N–H and O–H groups in total. The fraction of sp³-hybridized carbons (Fsp3) is 0.435. The molecule has 2 atom stereocenters. The van der Waals surface area contributed by atoms with Crippen LogP contribution in [0, 0.1) is 13.8 Å². The zero-order valence-electron chi connectivity index (χ0n) is 17.0. The summed E-state index contributed by atoms with van der Waals surface area (Å²) in [6, 6.07) is 13.3. The summed E-state index contributed by atoms with van der Waals surface area (Å²) in [4.78, 5) is 14.3. The molecule has 0 saturated carbocycles. The van der Waals surface area contributed by atoms with Crippen molar-refractivity contribution in [3.05, 3.63) is 69.7 Å². The fourth-order valence-electron chi connectivity index (χ4n) is 3.75. The SMILES string of the molecule is Cc1cccc(CNC[C@@]2(O)CN(C(=O)Cc3ccc(Cl)cc3)CC[C@@H]2O)c1C. The summed E-state index contributed by atoms with van der Waals surface area (Å²) < 4.78 is 0. The van der Waals surface area contributed by atoms with Crippen LogP contribution in [0.15, 0.2) is 42.5 Å². The zero-order valence-corrected chi connectivity index (χ0v) is 17.7. The second kappa shape index (κ2) is 9.26. The molecular formula is C23H29ClN2O3. The van der Waals surface area contributed by atoms with Crippen LogP contribution in [-0.4, -0.2) is 52.4 Å². The first-order valence-corrected chi connectivity index (χ1v) is 10.3. The highest BCUT2D eigenvalue weighted by Crippen LogP contribution is 2.23. The van der Waals surface area contributed by atoms with Crippen LogP contribution in [0.2, 0.25) is 5.02 Å². The number of benzene rings is 2. The minimum absolute atomic E-state index is 0.0628. The third kappa shape index (κ3) is 5.37. The van der Waals surface area contributed by atoms with Gasteiger partial charge in [0.25, 0.3) is 0 Å². The van der Waals surface area contributed by atoms with Crippen LogP contribution in [0.5, 0.6) is 0 Å². The minimum Gasteiger partial charge on any atom is -0.390 e. The van der Waals surface area contributed by atoms with Crippen LogP contribution >= 0.6 is 11.6 Å². The lowest BCUT2D eigenvalue weighted by Crippen LogP contribution is -2.62. The number of halogens is 1. The van der Waals surface area contributed by atoms with E-state index in [9.17, 15) is 15.0 Å². The monoisotopic (exact) mass is 416 g/mol. The number of aliphatic hydroxyl groups excluding tert-OH is 1. The Hall–Kier alpha value is -1.92. The van der Waals surface area contributed by atoms with Gasteiger partial charge in [0.05, 0.1) is 19.1 Å². The maximum atomic E-state index is 12.7. The summed E-state index contributed by atoms with van der Waals surface area (Å²) in [6.07, 6.45) is -0.263. The van der Waals surface area contributed by atoms with Crippen molar-refractivity contribution < 1.29 is 15.0 Å². The number of carbonyl (C=O) groups is 1. The van der Waals surface area contributed by atoms with Crippen LogP contribution in [0.4, 0.5) is 0 Å². The van der Waals surface area contributed by atoms with Crippen molar-refractivity contribution in [3.63, 3.8) is 0 Å². The Bertz CT molecular complexity index is 856. The molecule has 156 valence electrons. The van der Waals surface area contributed by atoms with E-state index in [-0.39, 0.29) is 25.4 Å². The number of carbonyl (C=O) groups excluding carboxylic acids is 1. The predicted octanol–water partition coefficient (Wildman–Crippen LogP) is 2.61. The summed E-state index contributed by atoms with van der Waals surface area (Å²) in [5, 5.41) is 25.3. The van der Waals surface area contributed by atoms with E-state index in [1.807, 2.05) is 18.2 Å². The number of rotatable bonds is 6. The molecule has 0 spiro atoms. The molecule has 6 heteroatoms. The first-order chi connectivity index (χ1) is 13.8. The van der Waals surface area contributed by atoms with Crippen molar-refractivity contribution in [2.24, 2.45) is 0 Å². The lowest BCUT2D eigenvalue weighted by Gasteiger charge is -2.43. The molecule has 0 aromatic heterocycles. The lowest BCUT2D eigenvalue weighted by molar-refractivity contribution is -0.150. The second-order valence-electron chi connectivity index (χ2n) is 7.99. The van der Waals surface area contributed by atoms with Gasteiger partial charge < -0.3 is 20.4 Å². The summed E-state index contributed by atoms with van der Waals surface area (Å²) in [6.45, 7) is 5.51. The molecule has 29 heavy (non-hydrogen) atoms. The Morgan fingerprint density at radius 2 is 1.97 bits per heavy atom. The van der Waals surface area contributed by atoms with E-state index in [0.717, 1.165) is 11.1 Å². The number of amides is 1. The Morgan fingerprint density at radius 1 is 1.24 bits per heavy atom. The van der Waals surface area contributed by atoms with Crippen molar-refractivity contribution in [2.45, 2.75) is 44.9 Å². The number of β-amino-alcohol motifs (C(OH)–C–C–N with tert-alkyl or cyclic N) is 1. The highest BCUT2D eigenvalue weighted by atomic mass is 35.5. The van der Waals surface area contributed by atoms with E-state index < -0.39 is 11.7 Å². The first kappa shape index (κ1) is 21.8. The minimum atomic E-state index is -1.37. The molecule has 2 aromatic carbocycles. The van der Waals surface area contributed by atoms with E-state index in [2.05, 4.69) is 31.3 Å². The average Bonchev–Trinajstić information content (AvgIpc) is 2.69. The number of hydrogen-bond acceptors (Lipinski definition) is 4. The van der Waals surface area contributed by atoms with Gasteiger partial charge in [0.2, 0.25) is 5.91 Å². The molecule has 1 fully saturated rings. The van der Waals surface area contributed by atoms with E-state index >= 15 is 0 Å². The van der Waals surface area contributed by atoms with E-state index in [1.54, 1.807) is 17.0 Å². The quantitative estimate of drug-likeness (QED) is 0.676. The van der Waals surface area contributed by atoms with Gasteiger partial charge in [-0.2, -0.15) is 0 Å². The van der Waals surface area contributed by atoms with Gasteiger partial charge in [-0.15, -0.1) is 0 Å². The largest absolute Gasteiger partial charge is 0.390 e. The smallest absolute Gasteiger partial charge is 0.227 e. The molecule has 3 rings (SSSR count). The summed E-state index contributed by atoms with van der Waals surface area (Å²) >= 11 is 5.90. The van der Waals surface area contributed by atoms with Crippen molar-refractivity contribution in [3.8, 4) is 0 Å². The topological polar surface area (TPSA) is 72.8 Å². The Balaban J connectivity index is 1.59. The van der Waals surface area contributed by atoms with Crippen LogP contribution < -0.4 is 5.32 Å². The molecule has 0 radical (unpaired) electrons. The molecule has 2 aromatic rings. The lowest BCUT2D eigenvalue weighted by atomic mass is 9.89. The highest BCUT2D eigenvalue weighted by molar-refractivity contribution is 6.30. The average molecular weight is 417 g/mol. The predicted molar refractivity (Wildman–Crippen MR) is 115 cm³/mol. The van der Waals surface area contributed by atoms with Crippen LogP contribution in [-0.2, 0) is 17.8 Å². The number of likely N-dealkylation sites (tertiary alicyclic amines) is 1. The van der Waals surface area contributed by atoms with Crippen molar-refractivity contribution in [1.29, 1.82) is 0 Å². The van der Waals surface area contributed by atoms with Gasteiger partial charge in [0.1, 0.15) is 5.60 Å². The van der Waals surface area contributed by atoms with Gasteiger partial charge in [-0.05, 0) is 54.7 Å². The molecule has 1 saturated heterocycles. The number of nitrogens with one attached hydrogen (secondary N) is 1. The number of aryl methyl sites for hydroxylation is 1. The number of aliphatic hydroxyl groups is 2. The standard InChI is InChI=1S/C23H29ClN2O3/c1-16-4-3-5-19(17(16)2)13-25-14-23(29)15-26(11-10-21(23)27)22(28)12-18-6-8-20(24)9-7-18/h3-9,21,25,27,29H,10-15H2,1-2H3/t21-,23+/m0/s1. The fourth-order valence-corrected chi connectivity index (χ4v) is 3.88. The van der Waals surface area contributed by atoms with Gasteiger partial charge in [0, 0.05) is 24.7 Å². The molecular weight excluding hydrogens is 388 g/mol. The van der Waals surface area contributed by atoms with Crippen molar-refractivity contribution in [2.75, 3.05) is 19.6 Å². The molecule has 0 aliphatic carbocycles. The number of piperidine rings is 1. The maximum absolute atomic E-state index is 12.7. The third-order valence-electron chi connectivity index (χ3n) is 5.84. The van der Waals surface area contributed by atoms with Gasteiger partial charge in [-0.3, -0.25) is 4.79 Å². The van der Waals surface area contributed by atoms with Crippen molar-refractivity contribution in [1.82, 2.24) is 10.2 Å². The molecule has 1 heterocycles. The van der Waals surface area contributed by atoms with E-state index in [1.165, 1.54) is 11.1 Å². The molecule has 1 aliphatic heterocycles. The number of hydrogen-bond donors (Lipinski definition) is 3. The Labute approximate surface area is 177 Å². The van der Waals surface area contributed by atoms with Gasteiger partial charge in [-0.25, -0.2) is 0 Å². The second-order valence-corrected chi connectivity index (χ2v) is 8.43. The highest BCUT2D eigenvalue weighted by Gasteiger charge is 2.42. The molecule has 5 nitrogen and oxygen atoms in total. The van der Waals surface area contributed by atoms with Crippen LogP contribution in [0.3, 0.4) is 0 Å². The van der Waals surface area contributed by atoms with Crippen LogP contribution in [0.25, 0.3) is 0 Å². The molecule has 0 bridgehead atoms. The molecule has 1 amide bonds. The first-order valence-electron chi connectivity index (χ1n) is 9.97. The normalized spacial score (nSPS) is 22.0. The molecule has 1 aliphatic rings. The zero-order chi connectivity index (χ0) is 21.0. The third-order valence-corrected chi connectivity index (χ3v) is 6.09. The van der Waals surface area contributed by atoms with Crippen LogP contribution in [0.1, 0.15) is 28.7 Å². The van der Waals surface area contributed by atoms with E-state index in [0.29, 0.717) is 24.5 Å². The summed E-state index contributed by atoms with van der Waals surface area (Å²) in [5.74, 6) is -0.0628. The van der Waals surface area contributed by atoms with Crippen molar-refractivity contribution >= 4 is 17.5 Å². The Kier molecular flexibility index (Phi) is 6.96. The Morgan fingerprint density at radius 3 is 2.69 bits per heavy atom. The summed E-state index contributed by atoms with van der Waals surface area (Å²) in [7, 11) is 0.